The van der Waals surface area contributed by atoms with Crippen LogP contribution in [0, 0.1) is 0 Å². The van der Waals surface area contributed by atoms with Crippen molar-refractivity contribution >= 4 is 67.4 Å². The van der Waals surface area contributed by atoms with E-state index in [9.17, 15) is 0 Å². The summed E-state index contributed by atoms with van der Waals surface area (Å²) in [6.45, 7) is 0. The van der Waals surface area contributed by atoms with Crippen LogP contribution in [0.5, 0.6) is 0 Å². The normalized spacial score (nSPS) is 12.0. The maximum atomic E-state index is 2.28. The minimum Gasteiger partial charge on any atom is -0.0616 e. The predicted octanol–water partition coefficient (Wildman–Crippen LogP) is 10.6. The van der Waals surface area contributed by atoms with E-state index in [1.807, 2.05) is 0 Å². The van der Waals surface area contributed by atoms with Crippen LogP contribution in [-0.4, -0.2) is 0 Å². The van der Waals surface area contributed by atoms with Crippen molar-refractivity contribution < 1.29 is 0 Å². The highest BCUT2D eigenvalue weighted by molar-refractivity contribution is 6.14. The van der Waals surface area contributed by atoms with Crippen LogP contribution in [0.3, 0.4) is 0 Å². The second-order valence-electron chi connectivity index (χ2n) is 9.80. The Labute approximate surface area is 222 Å². The molecule has 7 aromatic carbocycles. The molecule has 0 aromatic heterocycles. The SMILES string of the molecule is C(=C\c1c2ccccc2c(/C=C/c2ccc3ccccc3c2)c2ccccc12)/c1ccc2ccccc2c1. The number of benzene rings is 7. The average molecular weight is 483 g/mol. The van der Waals surface area contributed by atoms with Crippen molar-refractivity contribution in [3.63, 3.8) is 0 Å². The van der Waals surface area contributed by atoms with Gasteiger partial charge in [0.05, 0.1) is 0 Å². The molecule has 0 atom stereocenters. The molecule has 0 spiro atoms. The van der Waals surface area contributed by atoms with Crippen molar-refractivity contribution in [2.45, 2.75) is 0 Å². The Hall–Kier alpha value is -4.94. The van der Waals surface area contributed by atoms with Crippen LogP contribution in [0.15, 0.2) is 133 Å². The second kappa shape index (κ2) is 9.50. The molecule has 0 radical (unpaired) electrons. The summed E-state index contributed by atoms with van der Waals surface area (Å²) < 4.78 is 0. The molecule has 0 aliphatic carbocycles. The molecule has 7 aromatic rings. The number of rotatable bonds is 4. The van der Waals surface area contributed by atoms with Crippen molar-refractivity contribution in [3.05, 3.63) is 156 Å². The maximum absolute atomic E-state index is 2.28. The standard InChI is InChI=1S/C38H26/c1-3-11-31-25-27(17-21-29(31)9-1)19-23-37-33-13-5-7-15-35(33)38(36-16-8-6-14-34(36)37)24-20-28-18-22-30-10-2-4-12-32(30)26-28/h1-26H/b23-19+,24-20+. The fourth-order valence-electron chi connectivity index (χ4n) is 5.54. The highest BCUT2D eigenvalue weighted by Gasteiger charge is 2.10. The zero-order valence-electron chi connectivity index (χ0n) is 21.0. The quantitative estimate of drug-likeness (QED) is 0.173. The third kappa shape index (κ3) is 4.07. The van der Waals surface area contributed by atoms with Crippen molar-refractivity contribution in [1.82, 2.24) is 0 Å². The molecule has 0 aliphatic heterocycles. The van der Waals surface area contributed by atoms with Crippen LogP contribution in [0.25, 0.3) is 67.4 Å². The van der Waals surface area contributed by atoms with Crippen LogP contribution in [0.4, 0.5) is 0 Å². The van der Waals surface area contributed by atoms with E-state index in [-0.39, 0.29) is 0 Å². The second-order valence-corrected chi connectivity index (χ2v) is 9.80. The van der Waals surface area contributed by atoms with E-state index >= 15 is 0 Å². The highest BCUT2D eigenvalue weighted by Crippen LogP contribution is 2.35. The van der Waals surface area contributed by atoms with Crippen LogP contribution in [0.1, 0.15) is 22.3 Å². The summed E-state index contributed by atoms with van der Waals surface area (Å²) in [6.07, 6.45) is 9.05. The van der Waals surface area contributed by atoms with E-state index in [2.05, 4.69) is 158 Å². The molecule has 0 heteroatoms. The summed E-state index contributed by atoms with van der Waals surface area (Å²) >= 11 is 0. The van der Waals surface area contributed by atoms with Gasteiger partial charge in [0.15, 0.2) is 0 Å². The monoisotopic (exact) mass is 482 g/mol. The van der Waals surface area contributed by atoms with E-state index in [4.69, 9.17) is 0 Å². The topological polar surface area (TPSA) is 0 Å². The molecular formula is C38H26. The minimum absolute atomic E-state index is 1.21. The van der Waals surface area contributed by atoms with Crippen molar-refractivity contribution in [3.8, 4) is 0 Å². The van der Waals surface area contributed by atoms with Gasteiger partial charge in [-0.25, -0.2) is 0 Å². The van der Waals surface area contributed by atoms with Gasteiger partial charge in [0, 0.05) is 0 Å². The van der Waals surface area contributed by atoms with E-state index in [1.54, 1.807) is 0 Å². The van der Waals surface area contributed by atoms with Gasteiger partial charge in [0.25, 0.3) is 0 Å². The highest BCUT2D eigenvalue weighted by atomic mass is 14.1. The van der Waals surface area contributed by atoms with Crippen LogP contribution in [-0.2, 0) is 0 Å². The summed E-state index contributed by atoms with van der Waals surface area (Å²) in [6, 6.07) is 47.9. The van der Waals surface area contributed by atoms with E-state index in [0.717, 1.165) is 0 Å². The molecule has 0 amide bonds. The van der Waals surface area contributed by atoms with Gasteiger partial charge in [-0.3, -0.25) is 0 Å². The van der Waals surface area contributed by atoms with Gasteiger partial charge in [-0.15, -0.1) is 0 Å². The molecule has 0 aliphatic rings. The van der Waals surface area contributed by atoms with Crippen molar-refractivity contribution in [2.24, 2.45) is 0 Å². The third-order valence-corrected chi connectivity index (χ3v) is 7.45. The number of fused-ring (bicyclic) bond motifs is 4. The fraction of sp³-hybridized carbons (Fsp3) is 0. The van der Waals surface area contributed by atoms with Crippen molar-refractivity contribution in [1.29, 1.82) is 0 Å². The van der Waals surface area contributed by atoms with Gasteiger partial charge in [0.2, 0.25) is 0 Å². The first-order chi connectivity index (χ1) is 18.8. The molecule has 0 bridgehead atoms. The van der Waals surface area contributed by atoms with Crippen LogP contribution >= 0.6 is 0 Å². The Balaban J connectivity index is 1.37. The zero-order valence-corrected chi connectivity index (χ0v) is 21.0. The van der Waals surface area contributed by atoms with E-state index < -0.39 is 0 Å². The molecule has 7 rings (SSSR count). The molecule has 0 fully saturated rings. The Morgan fingerprint density at radius 2 is 0.632 bits per heavy atom. The average Bonchev–Trinajstić information content (AvgIpc) is 2.98. The molecule has 178 valence electrons. The first-order valence-corrected chi connectivity index (χ1v) is 13.1. The van der Waals surface area contributed by atoms with Gasteiger partial charge < -0.3 is 0 Å². The predicted molar refractivity (Wildman–Crippen MR) is 167 cm³/mol. The minimum atomic E-state index is 1.21. The summed E-state index contributed by atoms with van der Waals surface area (Å²) in [4.78, 5) is 0. The van der Waals surface area contributed by atoms with E-state index in [0.29, 0.717) is 0 Å². The summed E-state index contributed by atoms with van der Waals surface area (Å²) in [5.74, 6) is 0. The smallest absolute Gasteiger partial charge is 0.00987 e. The summed E-state index contributed by atoms with van der Waals surface area (Å²) in [5, 5.41) is 10.1. The molecule has 38 heavy (non-hydrogen) atoms. The van der Waals surface area contributed by atoms with Crippen LogP contribution < -0.4 is 0 Å². The Morgan fingerprint density at radius 1 is 0.289 bits per heavy atom. The van der Waals surface area contributed by atoms with Crippen molar-refractivity contribution in [2.75, 3.05) is 0 Å². The van der Waals surface area contributed by atoms with Crippen LogP contribution in [0.2, 0.25) is 0 Å². The molecule has 0 unspecified atom stereocenters. The lowest BCUT2D eigenvalue weighted by Crippen LogP contribution is -1.88. The lowest BCUT2D eigenvalue weighted by molar-refractivity contribution is 1.70. The lowest BCUT2D eigenvalue weighted by atomic mass is 9.90. The van der Waals surface area contributed by atoms with Gasteiger partial charge >= 0.3 is 0 Å². The van der Waals surface area contributed by atoms with Gasteiger partial charge in [-0.2, -0.15) is 0 Å². The molecule has 0 saturated heterocycles. The summed E-state index contributed by atoms with van der Waals surface area (Å²) in [5.41, 5.74) is 4.92. The molecule has 0 heterocycles. The van der Waals surface area contributed by atoms with Gasteiger partial charge in [0.1, 0.15) is 0 Å². The Morgan fingerprint density at radius 3 is 1.03 bits per heavy atom. The largest absolute Gasteiger partial charge is 0.0616 e. The first kappa shape index (κ1) is 22.3. The van der Waals surface area contributed by atoms with Gasteiger partial charge in [-0.05, 0) is 77.5 Å². The molecular weight excluding hydrogens is 456 g/mol. The molecule has 0 nitrogen and oxygen atoms in total. The first-order valence-electron chi connectivity index (χ1n) is 13.1. The lowest BCUT2D eigenvalue weighted by Gasteiger charge is -2.13. The van der Waals surface area contributed by atoms with Gasteiger partial charge in [-0.1, -0.05) is 146 Å². The molecule has 0 N–H and O–H groups in total. The number of hydrogen-bond donors (Lipinski definition) is 0. The Bertz CT molecular complexity index is 1820. The summed E-state index contributed by atoms with van der Waals surface area (Å²) in [7, 11) is 0. The fourth-order valence-corrected chi connectivity index (χ4v) is 5.54. The third-order valence-electron chi connectivity index (χ3n) is 7.45. The molecule has 0 saturated carbocycles. The Kier molecular flexibility index (Phi) is 5.57. The maximum Gasteiger partial charge on any atom is -0.00987 e. The number of hydrogen-bond acceptors (Lipinski definition) is 0. The van der Waals surface area contributed by atoms with E-state index in [1.165, 1.54) is 65.3 Å². The zero-order chi connectivity index (χ0) is 25.3.